The zero-order valence-electron chi connectivity index (χ0n) is 18.0. The number of rotatable bonds is 8. The Kier molecular flexibility index (Phi) is 7.85. The van der Waals surface area contributed by atoms with Crippen molar-refractivity contribution in [2.24, 2.45) is 5.92 Å². The Morgan fingerprint density at radius 3 is 2.53 bits per heavy atom. The number of ether oxygens (including phenoxy) is 1. The highest BCUT2D eigenvalue weighted by atomic mass is 16.5. The van der Waals surface area contributed by atoms with Crippen LogP contribution in [-0.4, -0.2) is 49.8 Å². The second kappa shape index (κ2) is 10.8. The second-order valence-corrected chi connectivity index (χ2v) is 7.79. The fourth-order valence-corrected chi connectivity index (χ4v) is 3.86. The molecule has 0 radical (unpaired) electrons. The van der Waals surface area contributed by atoms with Crippen molar-refractivity contribution in [3.05, 3.63) is 54.1 Å². The SMILES string of the molecule is CNC(=O)C1CCN(CCCOc2ccc([NH+]=C(C)c3ccccc3N)cc2)CC1. The summed E-state index contributed by atoms with van der Waals surface area (Å²) < 4.78 is 5.89. The van der Waals surface area contributed by atoms with Gasteiger partial charge in [-0.2, -0.15) is 0 Å². The fourth-order valence-electron chi connectivity index (χ4n) is 3.86. The third-order valence-corrected chi connectivity index (χ3v) is 5.64. The molecule has 1 fully saturated rings. The molecule has 0 aromatic heterocycles. The number of benzene rings is 2. The first-order valence-electron chi connectivity index (χ1n) is 10.7. The van der Waals surface area contributed by atoms with Crippen molar-refractivity contribution in [3.63, 3.8) is 0 Å². The number of carbonyl (C=O) groups excluding carboxylic acids is 1. The average molecular weight is 410 g/mol. The van der Waals surface area contributed by atoms with Crippen LogP contribution in [0, 0.1) is 5.92 Å². The number of hydrogen-bond acceptors (Lipinski definition) is 4. The highest BCUT2D eigenvalue weighted by molar-refractivity contribution is 5.99. The van der Waals surface area contributed by atoms with Crippen molar-refractivity contribution in [2.75, 3.05) is 39.0 Å². The minimum absolute atomic E-state index is 0.175. The standard InChI is InChI=1S/C24H32N4O2/c1-18(22-6-3-4-7-23(22)25)27-20-8-10-21(11-9-20)30-17-5-14-28-15-12-19(13-16-28)24(29)26-2/h3-4,6-11,19H,5,12-17,25H2,1-2H3,(H,26,29)/p+1. The number of piperidine rings is 1. The molecule has 0 atom stereocenters. The number of nitrogens with two attached hydrogens (primary N) is 1. The largest absolute Gasteiger partial charge is 0.494 e. The number of carbonyl (C=O) groups is 1. The lowest BCUT2D eigenvalue weighted by atomic mass is 9.96. The van der Waals surface area contributed by atoms with Gasteiger partial charge < -0.3 is 20.7 Å². The summed E-state index contributed by atoms with van der Waals surface area (Å²) >= 11 is 0. The Morgan fingerprint density at radius 1 is 1.17 bits per heavy atom. The Balaban J connectivity index is 1.41. The van der Waals surface area contributed by atoms with Gasteiger partial charge in [-0.3, -0.25) is 4.79 Å². The molecule has 1 heterocycles. The van der Waals surface area contributed by atoms with Crippen molar-refractivity contribution in [3.8, 4) is 5.75 Å². The average Bonchev–Trinajstić information content (AvgIpc) is 2.78. The van der Waals surface area contributed by atoms with Gasteiger partial charge in [-0.25, -0.2) is 4.99 Å². The quantitative estimate of drug-likeness (QED) is 0.352. The first kappa shape index (κ1) is 21.8. The summed E-state index contributed by atoms with van der Waals surface area (Å²) in [7, 11) is 1.72. The number of para-hydroxylation sites is 1. The number of amides is 1. The highest BCUT2D eigenvalue weighted by Gasteiger charge is 2.23. The monoisotopic (exact) mass is 409 g/mol. The Hall–Kier alpha value is -2.86. The topological polar surface area (TPSA) is 81.6 Å². The van der Waals surface area contributed by atoms with Crippen LogP contribution < -0.4 is 20.8 Å². The zero-order chi connectivity index (χ0) is 21.3. The normalized spacial score (nSPS) is 15.7. The predicted octanol–water partition coefficient (Wildman–Crippen LogP) is 1.72. The molecule has 1 aliphatic heterocycles. The maximum Gasteiger partial charge on any atom is 0.222 e. The molecule has 1 amide bonds. The van der Waals surface area contributed by atoms with Crippen LogP contribution >= 0.6 is 0 Å². The molecule has 3 rings (SSSR count). The molecule has 2 aromatic rings. The molecule has 4 N–H and O–H groups in total. The molecule has 0 bridgehead atoms. The number of hydrogen-bond donors (Lipinski definition) is 3. The predicted molar refractivity (Wildman–Crippen MR) is 121 cm³/mol. The maximum atomic E-state index is 11.7. The number of anilines is 1. The van der Waals surface area contributed by atoms with Gasteiger partial charge in [0.1, 0.15) is 5.75 Å². The van der Waals surface area contributed by atoms with Gasteiger partial charge in [-0.05, 0) is 56.6 Å². The van der Waals surface area contributed by atoms with Crippen LogP contribution in [0.1, 0.15) is 31.7 Å². The van der Waals surface area contributed by atoms with Crippen molar-refractivity contribution in [2.45, 2.75) is 26.2 Å². The maximum absolute atomic E-state index is 11.7. The highest BCUT2D eigenvalue weighted by Crippen LogP contribution is 2.18. The van der Waals surface area contributed by atoms with E-state index in [1.807, 2.05) is 55.5 Å². The molecule has 6 heteroatoms. The minimum Gasteiger partial charge on any atom is -0.494 e. The van der Waals surface area contributed by atoms with Crippen LogP contribution in [0.3, 0.4) is 0 Å². The lowest BCUT2D eigenvalue weighted by Crippen LogP contribution is -2.65. The number of nitrogens with zero attached hydrogens (tertiary/aromatic N) is 1. The van der Waals surface area contributed by atoms with E-state index in [9.17, 15) is 4.79 Å². The van der Waals surface area contributed by atoms with Gasteiger partial charge in [0.05, 0.1) is 12.2 Å². The fraction of sp³-hybridized carbons (Fsp3) is 0.417. The van der Waals surface area contributed by atoms with E-state index in [0.717, 1.165) is 67.3 Å². The van der Waals surface area contributed by atoms with Gasteiger partial charge in [0, 0.05) is 44.3 Å². The molecule has 0 unspecified atom stereocenters. The van der Waals surface area contributed by atoms with E-state index in [0.29, 0.717) is 6.61 Å². The Morgan fingerprint density at radius 2 is 1.87 bits per heavy atom. The van der Waals surface area contributed by atoms with Gasteiger partial charge in [-0.15, -0.1) is 0 Å². The summed E-state index contributed by atoms with van der Waals surface area (Å²) in [6, 6.07) is 15.8. The molecule has 160 valence electrons. The van der Waals surface area contributed by atoms with Crippen LogP contribution in [0.5, 0.6) is 5.75 Å². The molecule has 0 aliphatic carbocycles. The Labute approximate surface area is 179 Å². The van der Waals surface area contributed by atoms with E-state index in [4.69, 9.17) is 10.5 Å². The van der Waals surface area contributed by atoms with Gasteiger partial charge in [0.2, 0.25) is 11.6 Å². The van der Waals surface area contributed by atoms with E-state index in [1.54, 1.807) is 7.05 Å². The summed E-state index contributed by atoms with van der Waals surface area (Å²) in [5, 5.41) is 2.76. The first-order chi connectivity index (χ1) is 14.6. The molecule has 0 saturated carbocycles. The van der Waals surface area contributed by atoms with E-state index < -0.39 is 0 Å². The van der Waals surface area contributed by atoms with Gasteiger partial charge >= 0.3 is 0 Å². The zero-order valence-corrected chi connectivity index (χ0v) is 18.0. The first-order valence-corrected chi connectivity index (χ1v) is 10.7. The summed E-state index contributed by atoms with van der Waals surface area (Å²) in [5.74, 6) is 1.22. The molecular weight excluding hydrogens is 376 g/mol. The molecule has 6 nitrogen and oxygen atoms in total. The summed E-state index contributed by atoms with van der Waals surface area (Å²) in [6.45, 7) is 5.69. The van der Waals surface area contributed by atoms with Crippen molar-refractivity contribution >= 4 is 23.0 Å². The number of likely N-dealkylation sites (tertiary alicyclic amines) is 1. The third-order valence-electron chi connectivity index (χ3n) is 5.64. The van der Waals surface area contributed by atoms with Crippen molar-refractivity contribution in [1.29, 1.82) is 0 Å². The molecule has 2 aromatic carbocycles. The van der Waals surface area contributed by atoms with Crippen LogP contribution in [-0.2, 0) is 4.79 Å². The van der Waals surface area contributed by atoms with E-state index in [-0.39, 0.29) is 11.8 Å². The number of nitrogens with one attached hydrogen (secondary N) is 2. The van der Waals surface area contributed by atoms with Crippen LogP contribution in [0.15, 0.2) is 48.5 Å². The van der Waals surface area contributed by atoms with Crippen LogP contribution in [0.2, 0.25) is 0 Å². The van der Waals surface area contributed by atoms with Crippen molar-refractivity contribution < 1.29 is 14.5 Å². The van der Waals surface area contributed by atoms with Crippen LogP contribution in [0.4, 0.5) is 11.4 Å². The van der Waals surface area contributed by atoms with Crippen molar-refractivity contribution in [1.82, 2.24) is 10.2 Å². The second-order valence-electron chi connectivity index (χ2n) is 7.79. The molecule has 1 aliphatic rings. The lowest BCUT2D eigenvalue weighted by Gasteiger charge is -2.30. The number of nitrogen functional groups attached to an aromatic ring is 1. The molecule has 0 spiro atoms. The van der Waals surface area contributed by atoms with Gasteiger partial charge in [0.15, 0.2) is 5.71 Å². The molecule has 1 saturated heterocycles. The van der Waals surface area contributed by atoms with Gasteiger partial charge in [-0.1, -0.05) is 12.1 Å². The molecular formula is C24H33N4O2+. The summed E-state index contributed by atoms with van der Waals surface area (Å²) in [5.41, 5.74) is 9.84. The smallest absolute Gasteiger partial charge is 0.222 e. The lowest BCUT2D eigenvalue weighted by molar-refractivity contribution is -0.353. The van der Waals surface area contributed by atoms with E-state index in [1.165, 1.54) is 0 Å². The minimum atomic E-state index is 0.175. The van der Waals surface area contributed by atoms with Crippen LogP contribution in [0.25, 0.3) is 0 Å². The summed E-state index contributed by atoms with van der Waals surface area (Å²) in [6.07, 6.45) is 2.87. The Bertz CT molecular complexity index is 856. The third kappa shape index (κ3) is 6.07. The summed E-state index contributed by atoms with van der Waals surface area (Å²) in [4.78, 5) is 17.5. The van der Waals surface area contributed by atoms with Gasteiger partial charge in [0.25, 0.3) is 0 Å². The van der Waals surface area contributed by atoms with E-state index in [2.05, 4.69) is 15.2 Å². The van der Waals surface area contributed by atoms with E-state index >= 15 is 0 Å². The molecule has 30 heavy (non-hydrogen) atoms.